The maximum absolute atomic E-state index is 8.89. The molecule has 2 rings (SSSR count). The third kappa shape index (κ3) is 4.66. The van der Waals surface area contributed by atoms with Gasteiger partial charge in [0.15, 0.2) is 0 Å². The smallest absolute Gasteiger partial charge is 0.132 e. The molecule has 1 aromatic heterocycles. The molecule has 0 radical (unpaired) electrons. The molecule has 0 saturated carbocycles. The first-order valence-corrected chi connectivity index (χ1v) is 7.14. The maximum Gasteiger partial charge on any atom is 0.132 e. The van der Waals surface area contributed by atoms with E-state index in [1.165, 1.54) is 5.69 Å². The molecular weight excluding hydrogens is 284 g/mol. The lowest BCUT2D eigenvalue weighted by Gasteiger charge is -2.19. The molecule has 4 nitrogen and oxygen atoms in total. The monoisotopic (exact) mass is 300 g/mol. The topological polar surface area (TPSA) is 52.0 Å². The molecule has 21 heavy (non-hydrogen) atoms. The lowest BCUT2D eigenvalue weighted by molar-refractivity contribution is 0.814. The van der Waals surface area contributed by atoms with Gasteiger partial charge in [-0.25, -0.2) is 4.98 Å². The van der Waals surface area contributed by atoms with Crippen molar-refractivity contribution >= 4 is 23.1 Å². The van der Waals surface area contributed by atoms with E-state index in [-0.39, 0.29) is 0 Å². The second kappa shape index (κ2) is 7.51. The van der Waals surface area contributed by atoms with Gasteiger partial charge in [0.2, 0.25) is 0 Å². The summed E-state index contributed by atoms with van der Waals surface area (Å²) in [5.74, 6) is 0.640. The van der Waals surface area contributed by atoms with Crippen LogP contribution in [-0.4, -0.2) is 25.1 Å². The molecule has 108 valence electrons. The Morgan fingerprint density at radius 3 is 2.76 bits per heavy atom. The summed E-state index contributed by atoms with van der Waals surface area (Å²) >= 11 is 5.86. The summed E-state index contributed by atoms with van der Waals surface area (Å²) in [6.45, 7) is 1.71. The van der Waals surface area contributed by atoms with E-state index in [0.29, 0.717) is 16.5 Å². The van der Waals surface area contributed by atoms with Gasteiger partial charge in [0, 0.05) is 25.8 Å². The van der Waals surface area contributed by atoms with Gasteiger partial charge in [0.25, 0.3) is 0 Å². The normalized spacial score (nSPS) is 9.95. The first kappa shape index (κ1) is 15.1. The molecule has 0 bridgehead atoms. The van der Waals surface area contributed by atoms with E-state index in [1.807, 2.05) is 18.2 Å². The predicted octanol–water partition coefficient (Wildman–Crippen LogP) is 3.55. The van der Waals surface area contributed by atoms with Crippen molar-refractivity contribution in [1.82, 2.24) is 4.98 Å². The average Bonchev–Trinajstić information content (AvgIpc) is 2.51. The van der Waals surface area contributed by atoms with Gasteiger partial charge in [-0.3, -0.25) is 0 Å². The molecule has 0 unspecified atom stereocenters. The molecule has 0 fully saturated rings. The number of benzene rings is 1. The van der Waals surface area contributed by atoms with Crippen molar-refractivity contribution < 1.29 is 0 Å². The summed E-state index contributed by atoms with van der Waals surface area (Å²) in [6.07, 6.45) is 0.960. The van der Waals surface area contributed by atoms with Gasteiger partial charge in [-0.05, 0) is 30.7 Å². The van der Waals surface area contributed by atoms with Crippen LogP contribution >= 0.6 is 11.6 Å². The summed E-state index contributed by atoms with van der Waals surface area (Å²) in [5, 5.41) is 12.4. The summed E-state index contributed by atoms with van der Waals surface area (Å²) in [7, 11) is 2.07. The third-order valence-corrected chi connectivity index (χ3v) is 3.29. The fraction of sp³-hybridized carbons (Fsp3) is 0.250. The number of nitriles is 1. The number of hydrogen-bond acceptors (Lipinski definition) is 4. The standard InChI is InChI=1S/C16H17ClN4/c1-21(14-6-3-2-4-7-14)9-5-8-19-16-11-13(12-18)10-15(17)20-16/h2-4,6-7,10-11H,5,8-9H2,1H3,(H,19,20). The van der Waals surface area contributed by atoms with E-state index in [4.69, 9.17) is 16.9 Å². The molecule has 0 atom stereocenters. The minimum atomic E-state index is 0.331. The Labute approximate surface area is 130 Å². The van der Waals surface area contributed by atoms with E-state index in [9.17, 15) is 0 Å². The summed E-state index contributed by atoms with van der Waals surface area (Å²) in [4.78, 5) is 6.35. The highest BCUT2D eigenvalue weighted by Gasteiger charge is 2.02. The van der Waals surface area contributed by atoms with Crippen LogP contribution in [-0.2, 0) is 0 Å². The zero-order valence-electron chi connectivity index (χ0n) is 11.9. The number of pyridine rings is 1. The fourth-order valence-corrected chi connectivity index (χ4v) is 2.20. The number of hydrogen-bond donors (Lipinski definition) is 1. The number of nitrogens with zero attached hydrogens (tertiary/aromatic N) is 3. The molecule has 1 N–H and O–H groups in total. The van der Waals surface area contributed by atoms with Crippen molar-refractivity contribution in [3.8, 4) is 6.07 Å². The third-order valence-electron chi connectivity index (χ3n) is 3.10. The van der Waals surface area contributed by atoms with Crippen molar-refractivity contribution in [2.45, 2.75) is 6.42 Å². The van der Waals surface area contributed by atoms with Crippen molar-refractivity contribution in [1.29, 1.82) is 5.26 Å². The SMILES string of the molecule is CN(CCCNc1cc(C#N)cc(Cl)n1)c1ccccc1. The Morgan fingerprint density at radius 1 is 1.29 bits per heavy atom. The number of aromatic nitrogens is 1. The fourth-order valence-electron chi connectivity index (χ4n) is 2.00. The minimum Gasteiger partial charge on any atom is -0.375 e. The van der Waals surface area contributed by atoms with Gasteiger partial charge in [0.1, 0.15) is 11.0 Å². The van der Waals surface area contributed by atoms with Crippen LogP contribution < -0.4 is 10.2 Å². The molecule has 0 spiro atoms. The van der Waals surface area contributed by atoms with Gasteiger partial charge in [-0.2, -0.15) is 5.26 Å². The molecule has 2 aromatic rings. The summed E-state index contributed by atoms with van der Waals surface area (Å²) in [6, 6.07) is 15.6. The minimum absolute atomic E-state index is 0.331. The van der Waals surface area contributed by atoms with Crippen LogP contribution in [0.3, 0.4) is 0 Å². The zero-order valence-corrected chi connectivity index (χ0v) is 12.6. The van der Waals surface area contributed by atoms with E-state index in [2.05, 4.69) is 40.5 Å². The lowest BCUT2D eigenvalue weighted by atomic mass is 10.2. The number of anilines is 2. The molecule has 5 heteroatoms. The van der Waals surface area contributed by atoms with Gasteiger partial charge in [-0.15, -0.1) is 0 Å². The van der Waals surface area contributed by atoms with Crippen LogP contribution in [0.5, 0.6) is 0 Å². The summed E-state index contributed by atoms with van der Waals surface area (Å²) < 4.78 is 0. The van der Waals surface area contributed by atoms with Crippen molar-refractivity contribution in [3.05, 3.63) is 53.2 Å². The van der Waals surface area contributed by atoms with Gasteiger partial charge in [0.05, 0.1) is 11.6 Å². The highest BCUT2D eigenvalue weighted by Crippen LogP contribution is 2.14. The Bertz CT molecular complexity index is 622. The number of para-hydroxylation sites is 1. The average molecular weight is 301 g/mol. The van der Waals surface area contributed by atoms with Gasteiger partial charge in [-0.1, -0.05) is 29.8 Å². The van der Waals surface area contributed by atoms with Crippen LogP contribution in [0.4, 0.5) is 11.5 Å². The highest BCUT2D eigenvalue weighted by atomic mass is 35.5. The van der Waals surface area contributed by atoms with Crippen LogP contribution in [0.15, 0.2) is 42.5 Å². The quantitative estimate of drug-likeness (QED) is 0.655. The summed E-state index contributed by atoms with van der Waals surface area (Å²) in [5.41, 5.74) is 1.71. The Kier molecular flexibility index (Phi) is 5.42. The van der Waals surface area contributed by atoms with E-state index < -0.39 is 0 Å². The molecule has 0 amide bonds. The first-order chi connectivity index (χ1) is 10.2. The predicted molar refractivity (Wildman–Crippen MR) is 86.8 cm³/mol. The second-order valence-electron chi connectivity index (χ2n) is 4.71. The number of rotatable bonds is 6. The van der Waals surface area contributed by atoms with Crippen molar-refractivity contribution in [2.24, 2.45) is 0 Å². The molecule has 1 heterocycles. The molecule has 0 aliphatic heterocycles. The maximum atomic E-state index is 8.89. The van der Waals surface area contributed by atoms with E-state index in [1.54, 1.807) is 12.1 Å². The lowest BCUT2D eigenvalue weighted by Crippen LogP contribution is -2.20. The van der Waals surface area contributed by atoms with Crippen LogP contribution in [0.2, 0.25) is 5.15 Å². The molecular formula is C16H17ClN4. The molecule has 0 aliphatic carbocycles. The highest BCUT2D eigenvalue weighted by molar-refractivity contribution is 6.29. The molecule has 0 aliphatic rings. The van der Waals surface area contributed by atoms with Crippen LogP contribution in [0.25, 0.3) is 0 Å². The van der Waals surface area contributed by atoms with Gasteiger partial charge < -0.3 is 10.2 Å². The number of nitrogens with one attached hydrogen (secondary N) is 1. The van der Waals surface area contributed by atoms with Crippen LogP contribution in [0, 0.1) is 11.3 Å². The Balaban J connectivity index is 1.80. The molecule has 0 saturated heterocycles. The van der Waals surface area contributed by atoms with E-state index >= 15 is 0 Å². The number of halogens is 1. The van der Waals surface area contributed by atoms with Crippen molar-refractivity contribution in [2.75, 3.05) is 30.4 Å². The largest absolute Gasteiger partial charge is 0.375 e. The van der Waals surface area contributed by atoms with Gasteiger partial charge >= 0.3 is 0 Å². The Morgan fingerprint density at radius 2 is 2.05 bits per heavy atom. The van der Waals surface area contributed by atoms with E-state index in [0.717, 1.165) is 19.5 Å². The van der Waals surface area contributed by atoms with Crippen molar-refractivity contribution in [3.63, 3.8) is 0 Å². The molecule has 1 aromatic carbocycles. The zero-order chi connectivity index (χ0) is 15.1. The van der Waals surface area contributed by atoms with Crippen LogP contribution in [0.1, 0.15) is 12.0 Å². The Hall–Kier alpha value is -2.25. The second-order valence-corrected chi connectivity index (χ2v) is 5.10. The first-order valence-electron chi connectivity index (χ1n) is 6.77.